The predicted molar refractivity (Wildman–Crippen MR) is 86.0 cm³/mol. The number of carbonyl (C=O) groups is 1. The van der Waals surface area contributed by atoms with Gasteiger partial charge < -0.3 is 14.4 Å². The number of rotatable bonds is 2. The molecular weight excluding hydrogens is 302 g/mol. The molecule has 1 fully saturated rings. The molecular formula is C17H22ClNO3. The molecule has 0 radical (unpaired) electrons. The van der Waals surface area contributed by atoms with Gasteiger partial charge in [0.2, 0.25) is 0 Å². The van der Waals surface area contributed by atoms with Gasteiger partial charge in [0.05, 0.1) is 5.02 Å². The van der Waals surface area contributed by atoms with Gasteiger partial charge in [-0.1, -0.05) is 37.3 Å². The SMILES string of the molecule is CN(C(=O)c1cc(Cl)c2c(c1)OCCO2)C1CCCCCC1. The number of nitrogens with zero attached hydrogens (tertiary/aromatic N) is 1. The fraction of sp³-hybridized carbons (Fsp3) is 0.588. The van der Waals surface area contributed by atoms with Gasteiger partial charge in [0.15, 0.2) is 11.5 Å². The molecule has 2 aliphatic rings. The van der Waals surface area contributed by atoms with Gasteiger partial charge in [-0.2, -0.15) is 0 Å². The minimum Gasteiger partial charge on any atom is -0.486 e. The molecule has 22 heavy (non-hydrogen) atoms. The average Bonchev–Trinajstić information content (AvgIpc) is 2.82. The van der Waals surface area contributed by atoms with Crippen LogP contribution in [0.15, 0.2) is 12.1 Å². The normalized spacial score (nSPS) is 18.6. The Morgan fingerprint density at radius 1 is 1.14 bits per heavy atom. The Morgan fingerprint density at radius 3 is 2.55 bits per heavy atom. The van der Waals surface area contributed by atoms with Crippen molar-refractivity contribution in [2.45, 2.75) is 44.6 Å². The molecule has 0 aromatic heterocycles. The van der Waals surface area contributed by atoms with Gasteiger partial charge in [0, 0.05) is 18.7 Å². The van der Waals surface area contributed by atoms with Crippen LogP contribution in [0.1, 0.15) is 48.9 Å². The Labute approximate surface area is 136 Å². The van der Waals surface area contributed by atoms with Crippen molar-refractivity contribution in [2.24, 2.45) is 0 Å². The van der Waals surface area contributed by atoms with E-state index in [0.29, 0.717) is 41.3 Å². The molecule has 1 aliphatic carbocycles. The molecule has 0 atom stereocenters. The van der Waals surface area contributed by atoms with Crippen molar-refractivity contribution < 1.29 is 14.3 Å². The summed E-state index contributed by atoms with van der Waals surface area (Å²) in [6.07, 6.45) is 7.11. The number of carbonyl (C=O) groups excluding carboxylic acids is 1. The first kappa shape index (κ1) is 15.5. The van der Waals surface area contributed by atoms with Crippen LogP contribution in [0.25, 0.3) is 0 Å². The highest BCUT2D eigenvalue weighted by molar-refractivity contribution is 6.32. The van der Waals surface area contributed by atoms with E-state index in [1.807, 2.05) is 11.9 Å². The second-order valence-corrected chi connectivity index (χ2v) is 6.45. The van der Waals surface area contributed by atoms with Crippen molar-refractivity contribution in [2.75, 3.05) is 20.3 Å². The highest BCUT2D eigenvalue weighted by Crippen LogP contribution is 2.38. The topological polar surface area (TPSA) is 38.8 Å². The molecule has 3 rings (SSSR count). The minimum atomic E-state index is 0.00535. The van der Waals surface area contributed by atoms with Crippen molar-refractivity contribution in [3.05, 3.63) is 22.7 Å². The van der Waals surface area contributed by atoms with Crippen LogP contribution in [0.2, 0.25) is 5.02 Å². The van der Waals surface area contributed by atoms with Crippen LogP contribution in [-0.2, 0) is 0 Å². The lowest BCUT2D eigenvalue weighted by Gasteiger charge is -2.28. The van der Waals surface area contributed by atoms with Crippen molar-refractivity contribution >= 4 is 17.5 Å². The molecule has 0 spiro atoms. The maximum Gasteiger partial charge on any atom is 0.254 e. The highest BCUT2D eigenvalue weighted by atomic mass is 35.5. The smallest absolute Gasteiger partial charge is 0.254 e. The quantitative estimate of drug-likeness (QED) is 0.775. The maximum absolute atomic E-state index is 12.8. The summed E-state index contributed by atoms with van der Waals surface area (Å²) in [5.41, 5.74) is 0.570. The lowest BCUT2D eigenvalue weighted by molar-refractivity contribution is 0.0716. The van der Waals surface area contributed by atoms with E-state index in [1.165, 1.54) is 25.7 Å². The van der Waals surface area contributed by atoms with Gasteiger partial charge in [-0.05, 0) is 25.0 Å². The third kappa shape index (κ3) is 3.17. The molecule has 1 aliphatic heterocycles. The van der Waals surface area contributed by atoms with E-state index in [0.717, 1.165) is 12.8 Å². The van der Waals surface area contributed by atoms with Crippen LogP contribution < -0.4 is 9.47 Å². The predicted octanol–water partition coefficient (Wildman–Crippen LogP) is 3.91. The molecule has 1 aromatic rings. The number of amides is 1. The van der Waals surface area contributed by atoms with Gasteiger partial charge in [-0.15, -0.1) is 0 Å². The van der Waals surface area contributed by atoms with E-state index in [-0.39, 0.29) is 5.91 Å². The molecule has 1 aromatic carbocycles. The Bertz CT molecular complexity index is 553. The summed E-state index contributed by atoms with van der Waals surface area (Å²) in [6.45, 7) is 0.974. The Hall–Kier alpha value is -1.42. The van der Waals surface area contributed by atoms with Gasteiger partial charge >= 0.3 is 0 Å². The van der Waals surface area contributed by atoms with Gasteiger partial charge in [0.25, 0.3) is 5.91 Å². The molecule has 1 heterocycles. The zero-order valence-corrected chi connectivity index (χ0v) is 13.7. The van der Waals surface area contributed by atoms with Crippen LogP contribution in [0, 0.1) is 0 Å². The second-order valence-electron chi connectivity index (χ2n) is 6.04. The Balaban J connectivity index is 1.80. The minimum absolute atomic E-state index is 0.00535. The number of hydrogen-bond donors (Lipinski definition) is 0. The first-order valence-corrected chi connectivity index (χ1v) is 8.41. The maximum atomic E-state index is 12.8. The largest absolute Gasteiger partial charge is 0.486 e. The summed E-state index contributed by atoms with van der Waals surface area (Å²) in [4.78, 5) is 14.6. The molecule has 0 unspecified atom stereocenters. The van der Waals surface area contributed by atoms with Crippen LogP contribution in [0.5, 0.6) is 11.5 Å². The fourth-order valence-electron chi connectivity index (χ4n) is 3.25. The van der Waals surface area contributed by atoms with E-state index in [1.54, 1.807) is 12.1 Å². The Morgan fingerprint density at radius 2 is 1.82 bits per heavy atom. The highest BCUT2D eigenvalue weighted by Gasteiger charge is 2.25. The number of fused-ring (bicyclic) bond motifs is 1. The average molecular weight is 324 g/mol. The Kier molecular flexibility index (Phi) is 4.77. The number of halogens is 1. The van der Waals surface area contributed by atoms with E-state index < -0.39 is 0 Å². The van der Waals surface area contributed by atoms with E-state index in [9.17, 15) is 4.79 Å². The lowest BCUT2D eigenvalue weighted by Crippen LogP contribution is -2.36. The van der Waals surface area contributed by atoms with E-state index in [2.05, 4.69) is 0 Å². The van der Waals surface area contributed by atoms with Crippen LogP contribution in [-0.4, -0.2) is 37.1 Å². The molecule has 0 N–H and O–H groups in total. The van der Waals surface area contributed by atoms with E-state index in [4.69, 9.17) is 21.1 Å². The second kappa shape index (κ2) is 6.78. The summed E-state index contributed by atoms with van der Waals surface area (Å²) in [6, 6.07) is 3.75. The van der Waals surface area contributed by atoms with Crippen LogP contribution in [0.3, 0.4) is 0 Å². The first-order chi connectivity index (χ1) is 10.7. The molecule has 4 nitrogen and oxygen atoms in total. The summed E-state index contributed by atoms with van der Waals surface area (Å²) >= 11 is 6.23. The molecule has 1 saturated carbocycles. The van der Waals surface area contributed by atoms with Crippen LogP contribution >= 0.6 is 11.6 Å². The molecule has 5 heteroatoms. The molecule has 120 valence electrons. The zero-order chi connectivity index (χ0) is 15.5. The van der Waals surface area contributed by atoms with Gasteiger partial charge in [-0.25, -0.2) is 0 Å². The van der Waals surface area contributed by atoms with Crippen molar-refractivity contribution in [3.8, 4) is 11.5 Å². The van der Waals surface area contributed by atoms with Gasteiger partial charge in [0.1, 0.15) is 13.2 Å². The standard InChI is InChI=1S/C17H22ClNO3/c1-19(13-6-4-2-3-5-7-13)17(20)12-10-14(18)16-15(11-12)21-8-9-22-16/h10-11,13H,2-9H2,1H3. The van der Waals surface area contributed by atoms with Crippen molar-refractivity contribution in [3.63, 3.8) is 0 Å². The lowest BCUT2D eigenvalue weighted by atomic mass is 10.1. The summed E-state index contributed by atoms with van der Waals surface area (Å²) in [7, 11) is 1.89. The third-order valence-corrected chi connectivity index (χ3v) is 4.82. The number of hydrogen-bond acceptors (Lipinski definition) is 3. The van der Waals surface area contributed by atoms with Gasteiger partial charge in [-0.3, -0.25) is 4.79 Å². The summed E-state index contributed by atoms with van der Waals surface area (Å²) in [5.74, 6) is 1.11. The van der Waals surface area contributed by atoms with E-state index >= 15 is 0 Å². The van der Waals surface area contributed by atoms with Crippen molar-refractivity contribution in [1.82, 2.24) is 4.90 Å². The molecule has 0 bridgehead atoms. The van der Waals surface area contributed by atoms with Crippen molar-refractivity contribution in [1.29, 1.82) is 0 Å². The molecule has 1 amide bonds. The molecule has 0 saturated heterocycles. The number of benzene rings is 1. The summed E-state index contributed by atoms with van der Waals surface area (Å²) < 4.78 is 11.1. The summed E-state index contributed by atoms with van der Waals surface area (Å²) in [5, 5.41) is 0.440. The first-order valence-electron chi connectivity index (χ1n) is 8.03. The number of ether oxygens (including phenoxy) is 2. The monoisotopic (exact) mass is 323 g/mol. The third-order valence-electron chi connectivity index (χ3n) is 4.54. The zero-order valence-electron chi connectivity index (χ0n) is 12.9. The van der Waals surface area contributed by atoms with Crippen LogP contribution in [0.4, 0.5) is 0 Å². The fourth-order valence-corrected chi connectivity index (χ4v) is 3.51.